The summed E-state index contributed by atoms with van der Waals surface area (Å²) in [4.78, 5) is 125. The molecule has 428 valence electrons. The second-order valence-electron chi connectivity index (χ2n) is 18.9. The Hall–Kier alpha value is -8.65. The molecule has 0 saturated heterocycles. The van der Waals surface area contributed by atoms with Crippen LogP contribution in [0.25, 0.3) is 0 Å². The first-order chi connectivity index (χ1) is 38.4. The maximum atomic E-state index is 13.5. The Kier molecular flexibility index (Phi) is 21.8. The number of aliphatic hydroxyl groups is 3. The number of Topliss-reactive ketones (excluding diaryl/α,β-unsaturated/α-hetero) is 6. The van der Waals surface area contributed by atoms with Gasteiger partial charge < -0.3 is 65.3 Å². The Bertz CT molecular complexity index is 2540. The largest absolute Gasteiger partial charge is 0.481 e. The number of benzene rings is 3. The third kappa shape index (κ3) is 15.5. The molecule has 0 bridgehead atoms. The van der Waals surface area contributed by atoms with Gasteiger partial charge in [0.25, 0.3) is 17.3 Å². The lowest BCUT2D eigenvalue weighted by Crippen LogP contribution is -2.50. The molecule has 0 aliphatic carbocycles. The lowest BCUT2D eigenvalue weighted by atomic mass is 9.84. The minimum absolute atomic E-state index is 0.0766. The van der Waals surface area contributed by atoms with Crippen LogP contribution in [0, 0.1) is 0 Å². The highest BCUT2D eigenvalue weighted by molar-refractivity contribution is 6.45. The number of aliphatic hydroxyl groups excluding tert-OH is 3. The number of nitrogens with two attached hydrogens (primary N) is 1. The first kappa shape index (κ1) is 60.6. The Balaban J connectivity index is 1.33. The number of β-amino-alcohol motifs (C(OH)–C–C–N with tert-alkyl or cyclic N) is 3. The summed E-state index contributed by atoms with van der Waals surface area (Å²) in [6, 6.07) is 25.6. The maximum absolute atomic E-state index is 13.5. The molecule has 3 aliphatic heterocycles. The van der Waals surface area contributed by atoms with Crippen LogP contribution in [0.2, 0.25) is 0 Å². The van der Waals surface area contributed by atoms with Gasteiger partial charge in [0.2, 0.25) is 34.6 Å². The van der Waals surface area contributed by atoms with E-state index in [1.807, 2.05) is 0 Å². The second-order valence-corrected chi connectivity index (χ2v) is 18.9. The molecule has 3 amide bonds. The summed E-state index contributed by atoms with van der Waals surface area (Å²) in [5.41, 5.74) is 7.58. The van der Waals surface area contributed by atoms with Crippen molar-refractivity contribution in [2.24, 2.45) is 5.73 Å². The van der Waals surface area contributed by atoms with Crippen LogP contribution in [-0.4, -0.2) is 197 Å². The Morgan fingerprint density at radius 3 is 0.925 bits per heavy atom. The van der Waals surface area contributed by atoms with Crippen molar-refractivity contribution in [1.82, 2.24) is 29.4 Å². The number of hydrogen-bond donors (Lipinski definition) is 7. The summed E-state index contributed by atoms with van der Waals surface area (Å²) in [7, 11) is 0. The molecule has 8 N–H and O–H groups in total. The van der Waals surface area contributed by atoms with Gasteiger partial charge in [-0.1, -0.05) is 91.0 Å². The number of ketones is 6. The molecule has 0 atom stereocenters. The van der Waals surface area contributed by atoms with Crippen molar-refractivity contribution in [2.45, 2.75) is 63.9 Å². The third-order valence-electron chi connectivity index (χ3n) is 13.3. The second kappa shape index (κ2) is 28.8. The van der Waals surface area contributed by atoms with Crippen molar-refractivity contribution >= 4 is 53.0 Å². The van der Waals surface area contributed by atoms with Crippen LogP contribution >= 0.6 is 0 Å². The minimum Gasteiger partial charge on any atom is -0.481 e. The summed E-state index contributed by atoms with van der Waals surface area (Å²) in [6.07, 6.45) is -5.21. The van der Waals surface area contributed by atoms with Crippen LogP contribution < -0.4 is 5.73 Å². The molecule has 6 rings (SSSR count). The van der Waals surface area contributed by atoms with Crippen molar-refractivity contribution in [3.05, 3.63) is 142 Å². The van der Waals surface area contributed by atoms with E-state index in [4.69, 9.17) is 19.9 Å². The van der Waals surface area contributed by atoms with E-state index in [1.54, 1.807) is 91.0 Å². The van der Waals surface area contributed by atoms with Crippen molar-refractivity contribution in [2.75, 3.05) is 78.7 Å². The fourth-order valence-electron chi connectivity index (χ4n) is 9.47. The van der Waals surface area contributed by atoms with Crippen LogP contribution in [0.1, 0.15) is 55.2 Å². The molecule has 3 aromatic rings. The zero-order valence-electron chi connectivity index (χ0n) is 43.9. The number of nitrogens with zero attached hydrogens (tertiary/aromatic N) is 6. The van der Waals surface area contributed by atoms with E-state index in [0.29, 0.717) is 16.7 Å². The molecule has 25 nitrogen and oxygen atoms in total. The van der Waals surface area contributed by atoms with Gasteiger partial charge in [-0.15, -0.1) is 0 Å². The van der Waals surface area contributed by atoms with E-state index in [9.17, 15) is 73.8 Å². The molecule has 0 aromatic heterocycles. The summed E-state index contributed by atoms with van der Waals surface area (Å²) in [6.45, 7) is -6.05. The average molecular weight is 1110 g/mol. The number of ether oxygens (including phenoxy) is 3. The molecule has 0 spiro atoms. The van der Waals surface area contributed by atoms with Crippen molar-refractivity contribution in [3.8, 4) is 0 Å². The molecule has 0 unspecified atom stereocenters. The first-order valence-corrected chi connectivity index (χ1v) is 25.7. The van der Waals surface area contributed by atoms with E-state index in [2.05, 4.69) is 0 Å². The van der Waals surface area contributed by atoms with Crippen molar-refractivity contribution < 1.29 is 88.0 Å². The highest BCUT2D eigenvalue weighted by Crippen LogP contribution is 2.31. The van der Waals surface area contributed by atoms with Crippen LogP contribution in [0.15, 0.2) is 126 Å². The Morgan fingerprint density at radius 1 is 0.450 bits per heavy atom. The van der Waals surface area contributed by atoms with E-state index < -0.39 is 135 Å². The van der Waals surface area contributed by atoms with Gasteiger partial charge in [0.15, 0.2) is 17.5 Å². The van der Waals surface area contributed by atoms with E-state index in [1.165, 1.54) is 14.7 Å². The maximum Gasteiger partial charge on any atom is 0.413 e. The Morgan fingerprint density at radius 2 is 0.700 bits per heavy atom. The molecule has 0 radical (unpaired) electrons. The predicted octanol–water partition coefficient (Wildman–Crippen LogP) is 2.46. The van der Waals surface area contributed by atoms with Gasteiger partial charge in [-0.05, 0) is 55.2 Å². The van der Waals surface area contributed by atoms with Crippen molar-refractivity contribution in [3.63, 3.8) is 0 Å². The zero-order valence-corrected chi connectivity index (χ0v) is 43.9. The minimum atomic E-state index is -1.57. The standard InChI is InChI=1S/C55H65N7O18/c56-55(19-10-22-60(52(72)73)49-46(78-34-37-13-4-1-5-14-37)43(69)40(66)31-57(49)25-28-63,20-11-23-61(53(74)75)50-47(79-35-38-15-6-2-7-16-38)44(70)41(67)32-58(50)26-29-64)21-12-24-62(54(76)77)51-48(80-36-39-17-8-3-9-18-39)45(71)42(68)33-59(51)27-30-65/h1-9,13-18,63-65H,10-12,19-36,56H2,(H,72,73)(H,74,75)(H,76,77). The predicted molar refractivity (Wildman–Crippen MR) is 280 cm³/mol. The molecule has 0 fully saturated rings. The topological polar surface area (TPSA) is 348 Å². The molecule has 3 heterocycles. The number of carbonyl (C=O) groups is 9. The van der Waals surface area contributed by atoms with E-state index >= 15 is 0 Å². The smallest absolute Gasteiger partial charge is 0.413 e. The molecular formula is C55H65N7O18. The molecule has 3 aliphatic rings. The quantitative estimate of drug-likeness (QED) is 0.0471. The fraction of sp³-hybridized carbons (Fsp3) is 0.400. The van der Waals surface area contributed by atoms with Gasteiger partial charge >= 0.3 is 18.3 Å². The lowest BCUT2D eigenvalue weighted by molar-refractivity contribution is -0.139. The number of rotatable bonds is 30. The van der Waals surface area contributed by atoms with Crippen LogP contribution in [-0.2, 0) is 62.8 Å². The van der Waals surface area contributed by atoms with Crippen molar-refractivity contribution in [1.29, 1.82) is 0 Å². The highest BCUT2D eigenvalue weighted by Gasteiger charge is 2.43. The fourth-order valence-corrected chi connectivity index (χ4v) is 9.47. The molecule has 3 aromatic carbocycles. The van der Waals surface area contributed by atoms with E-state index in [0.717, 1.165) is 14.7 Å². The normalized spacial score (nSPS) is 15.2. The molecule has 80 heavy (non-hydrogen) atoms. The molecule has 25 heteroatoms. The van der Waals surface area contributed by atoms with Gasteiger partial charge in [0.1, 0.15) is 19.8 Å². The van der Waals surface area contributed by atoms with Gasteiger partial charge in [-0.25, -0.2) is 14.4 Å². The molecule has 0 saturated carbocycles. The average Bonchev–Trinajstić information content (AvgIpc) is 3.56. The van der Waals surface area contributed by atoms with Crippen LogP contribution in [0.5, 0.6) is 0 Å². The monoisotopic (exact) mass is 1110 g/mol. The highest BCUT2D eigenvalue weighted by atomic mass is 16.5. The molecular weight excluding hydrogens is 1050 g/mol. The summed E-state index contributed by atoms with van der Waals surface area (Å²) < 4.78 is 17.6. The van der Waals surface area contributed by atoms with E-state index in [-0.39, 0.29) is 95.4 Å². The van der Waals surface area contributed by atoms with Gasteiger partial charge in [-0.3, -0.25) is 43.5 Å². The van der Waals surface area contributed by atoms with Gasteiger partial charge in [-0.2, -0.15) is 0 Å². The summed E-state index contributed by atoms with van der Waals surface area (Å²) in [5, 5.41) is 62.2. The van der Waals surface area contributed by atoms with Gasteiger partial charge in [0, 0.05) is 44.8 Å². The number of hydrogen-bond acceptors (Lipinski definition) is 19. The van der Waals surface area contributed by atoms with Crippen LogP contribution in [0.3, 0.4) is 0 Å². The number of carbonyl (C=O) groups excluding carboxylic acids is 6. The first-order valence-electron chi connectivity index (χ1n) is 25.7. The lowest BCUT2D eigenvalue weighted by Gasteiger charge is -2.38. The number of allylic oxidation sites excluding steroid dienone is 3. The number of amides is 3. The SMILES string of the molecule is NC(CCCN(C(=O)O)C1=C(OCc2ccccc2)C(=O)C(=O)CN1CCO)(CCCN(C(=O)O)C1=C(OCc2ccccc2)C(=O)C(=O)CN1CCO)CCCN(C(=O)O)C1=C(OCc2ccccc2)C(=O)C(=O)CN1CCO. The summed E-state index contributed by atoms with van der Waals surface area (Å²) >= 11 is 0. The van der Waals surface area contributed by atoms with Crippen LogP contribution in [0.4, 0.5) is 14.4 Å². The Labute approximate surface area is 459 Å². The number of carboxylic acid groups (broad SMARTS) is 3. The third-order valence-corrected chi connectivity index (χ3v) is 13.3. The zero-order chi connectivity index (χ0) is 57.9. The summed E-state index contributed by atoms with van der Waals surface area (Å²) in [5.74, 6) is -8.62. The van der Waals surface area contributed by atoms with Gasteiger partial charge in [0.05, 0.1) is 39.5 Å².